The Kier molecular flexibility index (Phi) is 5.58. The molecule has 1 saturated heterocycles. The van der Waals surface area contributed by atoms with Gasteiger partial charge in [-0.15, -0.1) is 0 Å². The van der Waals surface area contributed by atoms with Crippen LogP contribution in [0.1, 0.15) is 24.8 Å². The summed E-state index contributed by atoms with van der Waals surface area (Å²) in [5.41, 5.74) is 0.408. The van der Waals surface area contributed by atoms with Crippen LogP contribution in [0.15, 0.2) is 23.1 Å². The largest absolute Gasteiger partial charge is 0.506 e. The van der Waals surface area contributed by atoms with Gasteiger partial charge < -0.3 is 10.4 Å². The normalized spacial score (nSPS) is 15.7. The van der Waals surface area contributed by atoms with Crippen molar-refractivity contribution < 1.29 is 18.1 Å². The number of piperidine rings is 1. The fourth-order valence-corrected chi connectivity index (χ4v) is 2.30. The first-order valence-corrected chi connectivity index (χ1v) is 7.33. The predicted octanol–water partition coefficient (Wildman–Crippen LogP) is 1.71. The van der Waals surface area contributed by atoms with Crippen LogP contribution < -0.4 is 5.32 Å². The molecule has 5 nitrogen and oxygen atoms in total. The summed E-state index contributed by atoms with van der Waals surface area (Å²) in [6.45, 7) is 4.05. The molecule has 0 radical (unpaired) electrons. The molecule has 0 atom stereocenters. The van der Waals surface area contributed by atoms with Gasteiger partial charge in [0.25, 0.3) is 10.1 Å². The van der Waals surface area contributed by atoms with Crippen molar-refractivity contribution >= 4 is 10.1 Å². The third kappa shape index (κ3) is 4.64. The lowest BCUT2D eigenvalue weighted by Crippen LogP contribution is -2.21. The molecule has 0 amide bonds. The van der Waals surface area contributed by atoms with E-state index < -0.39 is 20.8 Å². The molecule has 1 aromatic rings. The maximum Gasteiger partial charge on any atom is 0.298 e. The van der Waals surface area contributed by atoms with Crippen molar-refractivity contribution in [3.63, 3.8) is 0 Å². The topological polar surface area (TPSA) is 86.6 Å². The fraction of sp³-hybridized carbons (Fsp3) is 0.500. The molecule has 0 spiro atoms. The number of nitrogens with one attached hydrogen (secondary N) is 1. The van der Waals surface area contributed by atoms with Gasteiger partial charge in [0.05, 0.1) is 0 Å². The Morgan fingerprint density at radius 1 is 1.17 bits per heavy atom. The van der Waals surface area contributed by atoms with Crippen molar-refractivity contribution in [2.45, 2.75) is 31.1 Å². The summed E-state index contributed by atoms with van der Waals surface area (Å²) in [5, 5.41) is 12.5. The van der Waals surface area contributed by atoms with Gasteiger partial charge in [0.1, 0.15) is 10.6 Å². The monoisotopic (exact) mass is 273 g/mol. The Labute approximate surface area is 108 Å². The Morgan fingerprint density at radius 3 is 2.11 bits per heavy atom. The SMILES string of the molecule is C1CCNCC1.Cc1cccc(S(=O)(=O)O)c1O. The van der Waals surface area contributed by atoms with E-state index in [1.54, 1.807) is 13.0 Å². The van der Waals surface area contributed by atoms with E-state index in [0.717, 1.165) is 6.07 Å². The number of para-hydroxylation sites is 1. The third-order valence-electron chi connectivity index (χ3n) is 2.69. The summed E-state index contributed by atoms with van der Waals surface area (Å²) in [4.78, 5) is -0.456. The Bertz CT molecular complexity index is 469. The van der Waals surface area contributed by atoms with E-state index in [-0.39, 0.29) is 0 Å². The first-order valence-electron chi connectivity index (χ1n) is 5.89. The van der Waals surface area contributed by atoms with Crippen LogP contribution in [0.5, 0.6) is 5.75 Å². The molecule has 18 heavy (non-hydrogen) atoms. The Morgan fingerprint density at radius 2 is 1.78 bits per heavy atom. The molecule has 0 bridgehead atoms. The summed E-state index contributed by atoms with van der Waals surface area (Å²) < 4.78 is 29.8. The zero-order valence-electron chi connectivity index (χ0n) is 10.4. The average Bonchev–Trinajstić information content (AvgIpc) is 2.34. The number of phenols is 1. The molecule has 0 aliphatic carbocycles. The minimum Gasteiger partial charge on any atom is -0.506 e. The molecule has 1 fully saturated rings. The molecule has 0 saturated carbocycles. The second-order valence-electron chi connectivity index (χ2n) is 4.21. The molecule has 1 aromatic carbocycles. The molecule has 1 heterocycles. The smallest absolute Gasteiger partial charge is 0.298 e. The van der Waals surface area contributed by atoms with E-state index >= 15 is 0 Å². The lowest BCUT2D eigenvalue weighted by molar-refractivity contribution is 0.440. The van der Waals surface area contributed by atoms with Crippen LogP contribution in [-0.2, 0) is 10.1 Å². The van der Waals surface area contributed by atoms with Gasteiger partial charge in [-0.25, -0.2) is 0 Å². The summed E-state index contributed by atoms with van der Waals surface area (Å²) in [7, 11) is -4.31. The molecule has 1 aliphatic rings. The molecular formula is C12H19NO4S. The highest BCUT2D eigenvalue weighted by Gasteiger charge is 2.15. The zero-order valence-corrected chi connectivity index (χ0v) is 11.2. The second kappa shape index (κ2) is 6.72. The highest BCUT2D eigenvalue weighted by Crippen LogP contribution is 2.25. The van der Waals surface area contributed by atoms with Gasteiger partial charge in [-0.3, -0.25) is 4.55 Å². The Balaban J connectivity index is 0.000000225. The van der Waals surface area contributed by atoms with Crippen LogP contribution in [0, 0.1) is 6.92 Å². The van der Waals surface area contributed by atoms with E-state index in [2.05, 4.69) is 5.32 Å². The summed E-state index contributed by atoms with van der Waals surface area (Å²) in [6, 6.07) is 4.12. The molecule has 1 aliphatic heterocycles. The number of aryl methyl sites for hydroxylation is 1. The highest BCUT2D eigenvalue weighted by molar-refractivity contribution is 7.86. The summed E-state index contributed by atoms with van der Waals surface area (Å²) in [5.74, 6) is -0.403. The number of hydrogen-bond acceptors (Lipinski definition) is 4. The molecule has 6 heteroatoms. The van der Waals surface area contributed by atoms with E-state index in [1.807, 2.05) is 0 Å². The molecule has 102 valence electrons. The number of phenolic OH excluding ortho intramolecular Hbond substituents is 1. The van der Waals surface area contributed by atoms with Gasteiger partial charge in [0, 0.05) is 0 Å². The van der Waals surface area contributed by atoms with E-state index in [4.69, 9.17) is 4.55 Å². The quantitative estimate of drug-likeness (QED) is 0.678. The van der Waals surface area contributed by atoms with E-state index in [0.29, 0.717) is 5.56 Å². The number of hydrogen-bond donors (Lipinski definition) is 3. The second-order valence-corrected chi connectivity index (χ2v) is 5.60. The number of benzene rings is 1. The van der Waals surface area contributed by atoms with Gasteiger partial charge in [0.15, 0.2) is 0 Å². The van der Waals surface area contributed by atoms with Gasteiger partial charge in [-0.1, -0.05) is 18.6 Å². The molecule has 3 N–H and O–H groups in total. The molecule has 0 aromatic heterocycles. The average molecular weight is 273 g/mol. The Hall–Kier alpha value is -1.11. The van der Waals surface area contributed by atoms with Crippen molar-refractivity contribution in [1.82, 2.24) is 5.32 Å². The van der Waals surface area contributed by atoms with Crippen LogP contribution in [0.2, 0.25) is 0 Å². The highest BCUT2D eigenvalue weighted by atomic mass is 32.2. The van der Waals surface area contributed by atoms with E-state index in [9.17, 15) is 13.5 Å². The van der Waals surface area contributed by atoms with Gasteiger partial charge in [-0.2, -0.15) is 8.42 Å². The van der Waals surface area contributed by atoms with Gasteiger partial charge in [0.2, 0.25) is 0 Å². The maximum atomic E-state index is 10.6. The first-order chi connectivity index (χ1) is 8.43. The molecule has 2 rings (SSSR count). The number of aromatic hydroxyl groups is 1. The third-order valence-corrected chi connectivity index (χ3v) is 3.57. The predicted molar refractivity (Wildman–Crippen MR) is 69.4 cm³/mol. The van der Waals surface area contributed by atoms with Crippen molar-refractivity contribution in [3.05, 3.63) is 23.8 Å². The minimum absolute atomic E-state index is 0.403. The molecule has 0 unspecified atom stereocenters. The number of rotatable bonds is 1. The zero-order chi connectivity index (χ0) is 13.6. The minimum atomic E-state index is -4.31. The maximum absolute atomic E-state index is 10.6. The van der Waals surface area contributed by atoms with Crippen LogP contribution in [0.25, 0.3) is 0 Å². The summed E-state index contributed by atoms with van der Waals surface area (Å²) in [6.07, 6.45) is 4.22. The van der Waals surface area contributed by atoms with Crippen molar-refractivity contribution in [1.29, 1.82) is 0 Å². The first kappa shape index (κ1) is 14.9. The molecular weight excluding hydrogens is 254 g/mol. The summed E-state index contributed by atoms with van der Waals surface area (Å²) >= 11 is 0. The van der Waals surface area contributed by atoms with Crippen molar-refractivity contribution in [2.24, 2.45) is 0 Å². The van der Waals surface area contributed by atoms with Crippen molar-refractivity contribution in [3.8, 4) is 5.75 Å². The van der Waals surface area contributed by atoms with Crippen LogP contribution >= 0.6 is 0 Å². The van der Waals surface area contributed by atoms with Crippen molar-refractivity contribution in [2.75, 3.05) is 13.1 Å². The lowest BCUT2D eigenvalue weighted by atomic mass is 10.2. The van der Waals surface area contributed by atoms with Gasteiger partial charge >= 0.3 is 0 Å². The lowest BCUT2D eigenvalue weighted by Gasteiger charge is -2.08. The van der Waals surface area contributed by atoms with E-state index in [1.165, 1.54) is 38.4 Å². The van der Waals surface area contributed by atoms with Crippen LogP contribution in [-0.4, -0.2) is 31.2 Å². The van der Waals surface area contributed by atoms with Crippen LogP contribution in [0.3, 0.4) is 0 Å². The van der Waals surface area contributed by atoms with Gasteiger partial charge in [-0.05, 0) is 44.5 Å². The standard InChI is InChI=1S/C7H8O4S.C5H11N/c1-5-3-2-4-6(7(5)8)12(9,10)11;1-2-4-6-5-3-1/h2-4,8H,1H3,(H,9,10,11);6H,1-5H2. The fourth-order valence-electron chi connectivity index (χ4n) is 1.64. The van der Waals surface area contributed by atoms with Crippen LogP contribution in [0.4, 0.5) is 0 Å².